The second-order valence-electron chi connectivity index (χ2n) is 3.73. The minimum atomic E-state index is -0.399. The van der Waals surface area contributed by atoms with Crippen LogP contribution in [0, 0.1) is 0 Å². The molecule has 0 radical (unpaired) electrons. The fraction of sp³-hybridized carbons (Fsp3) is 0. The van der Waals surface area contributed by atoms with Crippen LogP contribution in [0.4, 0.5) is 0 Å². The highest BCUT2D eigenvalue weighted by Gasteiger charge is 2.19. The van der Waals surface area contributed by atoms with Crippen LogP contribution in [-0.4, -0.2) is 5.11 Å². The largest absolute Gasteiger partial charge is 0.503 e. The van der Waals surface area contributed by atoms with E-state index in [1.54, 1.807) is 0 Å². The maximum Gasteiger partial charge on any atom is 0.179 e. The summed E-state index contributed by atoms with van der Waals surface area (Å²) < 4.78 is 5.44. The predicted octanol–water partition coefficient (Wildman–Crippen LogP) is 7.76. The fourth-order valence-electron chi connectivity index (χ4n) is 1.39. The van der Waals surface area contributed by atoms with E-state index >= 15 is 0 Å². The molecule has 112 valence electrons. The van der Waals surface area contributed by atoms with E-state index in [4.69, 9.17) is 85.9 Å². The quantitative estimate of drug-likeness (QED) is 0.392. The molecule has 2 nitrogen and oxygen atoms in total. The van der Waals surface area contributed by atoms with Crippen molar-refractivity contribution in [3.05, 3.63) is 47.3 Å². The third kappa shape index (κ3) is 3.37. The van der Waals surface area contributed by atoms with Gasteiger partial charge in [0.2, 0.25) is 0 Å². The van der Waals surface area contributed by atoms with E-state index in [0.717, 1.165) is 0 Å². The molecule has 0 fully saturated rings. The molecular weight excluding hydrogens is 424 g/mol. The van der Waals surface area contributed by atoms with Crippen LogP contribution in [-0.2, 0) is 0 Å². The van der Waals surface area contributed by atoms with Crippen molar-refractivity contribution >= 4 is 81.2 Å². The number of phenols is 1. The third-order valence-corrected chi connectivity index (χ3v) is 5.38. The lowest BCUT2D eigenvalue weighted by atomic mass is 10.3. The second-order valence-corrected chi connectivity index (χ2v) is 6.44. The van der Waals surface area contributed by atoms with Gasteiger partial charge < -0.3 is 9.84 Å². The molecule has 0 atom stereocenters. The Kier molecular flexibility index (Phi) is 5.54. The summed E-state index contributed by atoms with van der Waals surface area (Å²) >= 11 is 41.2. The fourth-order valence-corrected chi connectivity index (χ4v) is 2.79. The Hall–Kier alpha value is 0.0700. The van der Waals surface area contributed by atoms with Crippen LogP contribution in [0.5, 0.6) is 17.2 Å². The highest BCUT2D eigenvalue weighted by Crippen LogP contribution is 2.48. The maximum absolute atomic E-state index is 9.91. The van der Waals surface area contributed by atoms with Gasteiger partial charge in [-0.25, -0.2) is 0 Å². The van der Waals surface area contributed by atoms with Gasteiger partial charge >= 0.3 is 0 Å². The summed E-state index contributed by atoms with van der Waals surface area (Å²) in [6.45, 7) is 0. The molecular formula is C12H3Cl7O2. The van der Waals surface area contributed by atoms with Crippen molar-refractivity contribution in [1.29, 1.82) is 0 Å². The predicted molar refractivity (Wildman–Crippen MR) is 89.7 cm³/mol. The Balaban J connectivity index is 2.54. The van der Waals surface area contributed by atoms with E-state index in [1.165, 1.54) is 12.1 Å². The average molecular weight is 427 g/mol. The average Bonchev–Trinajstić information content (AvgIpc) is 2.45. The van der Waals surface area contributed by atoms with Gasteiger partial charge in [-0.2, -0.15) is 0 Å². The van der Waals surface area contributed by atoms with Gasteiger partial charge in [-0.1, -0.05) is 81.2 Å². The van der Waals surface area contributed by atoms with Crippen LogP contribution >= 0.6 is 81.2 Å². The first-order valence-electron chi connectivity index (χ1n) is 5.11. The van der Waals surface area contributed by atoms with Crippen LogP contribution in [0.2, 0.25) is 35.2 Å². The van der Waals surface area contributed by atoms with Gasteiger partial charge in [-0.05, 0) is 0 Å². The molecule has 21 heavy (non-hydrogen) atoms. The SMILES string of the molecule is Oc1c(Oc2cc(Cl)c(Cl)c(Cl)c2Cl)cc(Cl)c(Cl)c1Cl. The van der Waals surface area contributed by atoms with Crippen molar-refractivity contribution in [3.63, 3.8) is 0 Å². The molecule has 0 spiro atoms. The highest BCUT2D eigenvalue weighted by atomic mass is 35.5. The summed E-state index contributed by atoms with van der Waals surface area (Å²) in [5.74, 6) is -0.393. The van der Waals surface area contributed by atoms with Crippen molar-refractivity contribution in [3.8, 4) is 17.2 Å². The molecule has 9 heteroatoms. The van der Waals surface area contributed by atoms with E-state index in [9.17, 15) is 5.11 Å². The lowest BCUT2D eigenvalue weighted by molar-refractivity contribution is 0.412. The molecule has 0 heterocycles. The molecule has 0 saturated heterocycles. The van der Waals surface area contributed by atoms with E-state index in [2.05, 4.69) is 0 Å². The van der Waals surface area contributed by atoms with Crippen molar-refractivity contribution in [2.24, 2.45) is 0 Å². The summed E-state index contributed by atoms with van der Waals surface area (Å²) in [5, 5.41) is 10.1. The number of hydrogen-bond donors (Lipinski definition) is 1. The lowest BCUT2D eigenvalue weighted by Crippen LogP contribution is -1.89. The molecule has 0 unspecified atom stereocenters. The zero-order valence-corrected chi connectivity index (χ0v) is 14.9. The van der Waals surface area contributed by atoms with Crippen LogP contribution < -0.4 is 4.74 Å². The van der Waals surface area contributed by atoms with Crippen molar-refractivity contribution in [2.45, 2.75) is 0 Å². The smallest absolute Gasteiger partial charge is 0.179 e. The maximum atomic E-state index is 9.91. The van der Waals surface area contributed by atoms with Crippen LogP contribution in [0.1, 0.15) is 0 Å². The monoisotopic (exact) mass is 424 g/mol. The lowest BCUT2D eigenvalue weighted by Gasteiger charge is -2.13. The molecule has 2 aromatic carbocycles. The summed E-state index contributed by atoms with van der Waals surface area (Å²) in [6.07, 6.45) is 0. The number of benzene rings is 2. The standard InChI is InChI=1S/C12H3Cl7O2/c13-3-1-5(9(17)10(18)7(3)15)21-6-2-4(14)8(16)11(19)12(6)20/h1-2,20H. The van der Waals surface area contributed by atoms with E-state index in [-0.39, 0.29) is 46.7 Å². The van der Waals surface area contributed by atoms with E-state index in [0.29, 0.717) is 0 Å². The van der Waals surface area contributed by atoms with Gasteiger partial charge in [0, 0.05) is 12.1 Å². The topological polar surface area (TPSA) is 29.5 Å². The summed E-state index contributed by atoms with van der Waals surface area (Å²) in [6, 6.07) is 2.62. The van der Waals surface area contributed by atoms with Crippen molar-refractivity contribution in [1.82, 2.24) is 0 Å². The number of ether oxygens (including phenoxy) is 1. The molecule has 0 aromatic heterocycles. The zero-order chi connectivity index (χ0) is 15.9. The highest BCUT2D eigenvalue weighted by molar-refractivity contribution is 6.52. The second kappa shape index (κ2) is 6.67. The van der Waals surface area contributed by atoms with E-state index < -0.39 is 5.75 Å². The summed E-state index contributed by atoms with van der Waals surface area (Å²) in [4.78, 5) is 0. The normalized spacial score (nSPS) is 10.8. The van der Waals surface area contributed by atoms with Crippen molar-refractivity contribution in [2.75, 3.05) is 0 Å². The molecule has 0 saturated carbocycles. The first-order valence-corrected chi connectivity index (χ1v) is 7.76. The molecule has 1 N–H and O–H groups in total. The minimum Gasteiger partial charge on any atom is -0.503 e. The van der Waals surface area contributed by atoms with Crippen LogP contribution in [0.15, 0.2) is 12.1 Å². The van der Waals surface area contributed by atoms with Crippen molar-refractivity contribution < 1.29 is 9.84 Å². The Morgan fingerprint density at radius 3 is 1.67 bits per heavy atom. The number of phenolic OH excluding ortho intramolecular Hbond substituents is 1. The Morgan fingerprint density at radius 1 is 0.619 bits per heavy atom. The number of hydrogen-bond acceptors (Lipinski definition) is 2. The van der Waals surface area contributed by atoms with Gasteiger partial charge in [0.15, 0.2) is 11.5 Å². The number of aromatic hydroxyl groups is 1. The first kappa shape index (κ1) is 17.4. The van der Waals surface area contributed by atoms with Gasteiger partial charge in [0.25, 0.3) is 0 Å². The first-order chi connectivity index (χ1) is 9.73. The van der Waals surface area contributed by atoms with Gasteiger partial charge in [0.05, 0.1) is 25.1 Å². The molecule has 0 aliphatic carbocycles. The molecule has 2 rings (SSSR count). The summed E-state index contributed by atoms with van der Waals surface area (Å²) in [5.41, 5.74) is 0. The molecule has 0 aliphatic heterocycles. The van der Waals surface area contributed by atoms with Gasteiger partial charge in [0.1, 0.15) is 15.8 Å². The molecule has 2 aromatic rings. The number of halogens is 7. The van der Waals surface area contributed by atoms with Gasteiger partial charge in [-0.15, -0.1) is 0 Å². The van der Waals surface area contributed by atoms with Crippen LogP contribution in [0.25, 0.3) is 0 Å². The Labute approximate surface area is 155 Å². The molecule has 0 amide bonds. The minimum absolute atomic E-state index is 0.00134. The molecule has 0 bridgehead atoms. The number of rotatable bonds is 2. The molecule has 0 aliphatic rings. The van der Waals surface area contributed by atoms with Gasteiger partial charge in [-0.3, -0.25) is 0 Å². The third-order valence-electron chi connectivity index (χ3n) is 2.39. The zero-order valence-electron chi connectivity index (χ0n) is 9.66. The van der Waals surface area contributed by atoms with Crippen LogP contribution in [0.3, 0.4) is 0 Å². The van der Waals surface area contributed by atoms with E-state index in [1.807, 2.05) is 0 Å². The Bertz CT molecular complexity index is 669. The Morgan fingerprint density at radius 2 is 1.10 bits per heavy atom. The summed E-state index contributed by atoms with van der Waals surface area (Å²) in [7, 11) is 0.